The molecule has 0 saturated heterocycles. The van der Waals surface area contributed by atoms with Crippen molar-refractivity contribution in [2.75, 3.05) is 10.6 Å². The van der Waals surface area contributed by atoms with Gasteiger partial charge in [0.05, 0.1) is 27.2 Å². The molecular weight excluding hydrogens is 476 g/mol. The third kappa shape index (κ3) is 5.37. The number of hydrogen-bond donors (Lipinski definition) is 3. The Kier molecular flexibility index (Phi) is 6.51. The van der Waals surface area contributed by atoms with Gasteiger partial charge in [-0.05, 0) is 54.2 Å². The zero-order valence-electron chi connectivity index (χ0n) is 18.9. The second kappa shape index (κ2) is 10.0. The van der Waals surface area contributed by atoms with E-state index in [4.69, 9.17) is 12.2 Å². The van der Waals surface area contributed by atoms with Gasteiger partial charge in [0.15, 0.2) is 5.11 Å². The third-order valence-electron chi connectivity index (χ3n) is 5.34. The van der Waals surface area contributed by atoms with Crippen molar-refractivity contribution in [1.29, 1.82) is 0 Å². The Balaban J connectivity index is 1.23. The molecular formula is C26H22N6OS2. The summed E-state index contributed by atoms with van der Waals surface area (Å²) < 4.78 is 3.06. The number of aromatic nitrogens is 3. The summed E-state index contributed by atoms with van der Waals surface area (Å²) in [5.41, 5.74) is 4.55. The van der Waals surface area contributed by atoms with E-state index in [0.717, 1.165) is 43.5 Å². The van der Waals surface area contributed by atoms with E-state index in [2.05, 4.69) is 32.0 Å². The highest BCUT2D eigenvalue weighted by atomic mass is 32.1. The number of pyridine rings is 1. The van der Waals surface area contributed by atoms with Crippen LogP contribution in [0.25, 0.3) is 20.9 Å². The normalized spacial score (nSPS) is 10.8. The van der Waals surface area contributed by atoms with E-state index in [0.29, 0.717) is 0 Å². The largest absolute Gasteiger partial charge is 0.354 e. The lowest BCUT2D eigenvalue weighted by molar-refractivity contribution is -0.119. The van der Waals surface area contributed by atoms with Crippen molar-refractivity contribution < 1.29 is 4.79 Å². The van der Waals surface area contributed by atoms with Gasteiger partial charge in [-0.1, -0.05) is 30.3 Å². The van der Waals surface area contributed by atoms with Crippen molar-refractivity contribution in [2.45, 2.75) is 6.42 Å². The highest BCUT2D eigenvalue weighted by Crippen LogP contribution is 2.36. The molecule has 3 heterocycles. The Hall–Kier alpha value is -4.08. The predicted octanol–water partition coefficient (Wildman–Crippen LogP) is 5.50. The molecule has 35 heavy (non-hydrogen) atoms. The first-order valence-electron chi connectivity index (χ1n) is 10.9. The van der Waals surface area contributed by atoms with Crippen LogP contribution in [0.1, 0.15) is 5.56 Å². The summed E-state index contributed by atoms with van der Waals surface area (Å²) in [7, 11) is 1.98. The molecule has 0 aliphatic heterocycles. The number of hydrogen-bond acceptors (Lipinski definition) is 6. The van der Waals surface area contributed by atoms with Crippen molar-refractivity contribution in [2.24, 2.45) is 7.05 Å². The van der Waals surface area contributed by atoms with Gasteiger partial charge < -0.3 is 20.5 Å². The van der Waals surface area contributed by atoms with E-state index in [-0.39, 0.29) is 17.4 Å². The predicted molar refractivity (Wildman–Crippen MR) is 146 cm³/mol. The number of thiophene rings is 1. The third-order valence-corrected chi connectivity index (χ3v) is 6.69. The molecule has 0 spiro atoms. The molecule has 5 rings (SSSR count). The monoisotopic (exact) mass is 498 g/mol. The average Bonchev–Trinajstić information content (AvgIpc) is 3.47. The maximum atomic E-state index is 12.2. The molecule has 7 nitrogen and oxygen atoms in total. The Morgan fingerprint density at radius 1 is 1.00 bits per heavy atom. The van der Waals surface area contributed by atoms with Gasteiger partial charge in [-0.15, -0.1) is 11.3 Å². The number of imidazole rings is 1. The summed E-state index contributed by atoms with van der Waals surface area (Å²) in [5, 5.41) is 9.52. The van der Waals surface area contributed by atoms with E-state index < -0.39 is 0 Å². The van der Waals surface area contributed by atoms with Gasteiger partial charge in [-0.25, -0.2) is 4.98 Å². The lowest BCUT2D eigenvalue weighted by Crippen LogP contribution is -2.35. The van der Waals surface area contributed by atoms with Crippen LogP contribution in [0.5, 0.6) is 0 Å². The van der Waals surface area contributed by atoms with E-state index in [1.807, 2.05) is 78.5 Å². The van der Waals surface area contributed by atoms with Gasteiger partial charge in [0.2, 0.25) is 5.91 Å². The molecule has 9 heteroatoms. The Bertz CT molecular complexity index is 1490. The molecule has 1 amide bonds. The molecule has 5 aromatic rings. The van der Waals surface area contributed by atoms with E-state index in [1.165, 1.54) is 0 Å². The summed E-state index contributed by atoms with van der Waals surface area (Å²) in [6, 6.07) is 21.3. The van der Waals surface area contributed by atoms with Crippen LogP contribution in [0, 0.1) is 0 Å². The van der Waals surface area contributed by atoms with Crippen LogP contribution in [0.2, 0.25) is 0 Å². The first kappa shape index (κ1) is 22.7. The lowest BCUT2D eigenvalue weighted by Gasteiger charge is -2.11. The number of aryl methyl sites for hydroxylation is 1. The van der Waals surface area contributed by atoms with Crippen LogP contribution >= 0.6 is 23.6 Å². The molecule has 0 atom stereocenters. The Morgan fingerprint density at radius 2 is 1.77 bits per heavy atom. The summed E-state index contributed by atoms with van der Waals surface area (Å²) >= 11 is 6.95. The fraction of sp³-hybridized carbons (Fsp3) is 0.0769. The van der Waals surface area contributed by atoms with E-state index in [1.54, 1.807) is 23.7 Å². The first-order chi connectivity index (χ1) is 17.0. The van der Waals surface area contributed by atoms with E-state index >= 15 is 0 Å². The fourth-order valence-electron chi connectivity index (χ4n) is 3.66. The Labute approximate surface area is 211 Å². The number of carbonyl (C=O) groups excluding carboxylic acids is 1. The molecule has 0 radical (unpaired) electrons. The highest BCUT2D eigenvalue weighted by Gasteiger charge is 2.12. The van der Waals surface area contributed by atoms with Crippen LogP contribution in [0.4, 0.5) is 17.1 Å². The number of carbonyl (C=O) groups is 1. The number of rotatable bonds is 6. The standard InChI is InChI=1S/C26H22N6OS2/c1-32-14-13-28-25(32)22-16-21-24(35-22)20(11-12-27-21)29-18-7-9-19(10-8-18)30-26(34)31-23(33)15-17-5-3-2-4-6-17/h2-14,16H,15H2,1H3,(H,27,29)(H2,30,31,33,34). The molecule has 0 fully saturated rings. The zero-order valence-corrected chi connectivity index (χ0v) is 20.5. The maximum absolute atomic E-state index is 12.2. The van der Waals surface area contributed by atoms with Crippen LogP contribution < -0.4 is 16.0 Å². The molecule has 0 aliphatic carbocycles. The molecule has 0 unspecified atom stereocenters. The van der Waals surface area contributed by atoms with Crippen LogP contribution in [0.3, 0.4) is 0 Å². The van der Waals surface area contributed by atoms with Crippen LogP contribution in [-0.2, 0) is 18.3 Å². The highest BCUT2D eigenvalue weighted by molar-refractivity contribution is 7.80. The number of anilines is 3. The summed E-state index contributed by atoms with van der Waals surface area (Å²) in [6.07, 6.45) is 5.80. The summed E-state index contributed by atoms with van der Waals surface area (Å²) in [4.78, 5) is 22.2. The second-order valence-electron chi connectivity index (χ2n) is 7.91. The van der Waals surface area contributed by atoms with Crippen molar-refractivity contribution in [3.8, 4) is 10.7 Å². The van der Waals surface area contributed by atoms with Crippen molar-refractivity contribution in [3.63, 3.8) is 0 Å². The lowest BCUT2D eigenvalue weighted by atomic mass is 10.1. The number of nitrogens with zero attached hydrogens (tertiary/aromatic N) is 3. The minimum absolute atomic E-state index is 0.158. The Morgan fingerprint density at radius 3 is 2.51 bits per heavy atom. The van der Waals surface area contributed by atoms with Gasteiger partial charge in [0, 0.05) is 37.0 Å². The second-order valence-corrected chi connectivity index (χ2v) is 9.37. The minimum Gasteiger partial charge on any atom is -0.354 e. The van der Waals surface area contributed by atoms with Gasteiger partial charge in [0.1, 0.15) is 5.82 Å². The molecule has 0 aliphatic rings. The minimum atomic E-state index is -0.158. The average molecular weight is 499 g/mol. The van der Waals surface area contributed by atoms with Gasteiger partial charge >= 0.3 is 0 Å². The quantitative estimate of drug-likeness (QED) is 0.268. The molecule has 2 aromatic carbocycles. The van der Waals surface area contributed by atoms with E-state index in [9.17, 15) is 4.79 Å². The van der Waals surface area contributed by atoms with Crippen molar-refractivity contribution in [3.05, 3.63) is 90.9 Å². The van der Waals surface area contributed by atoms with Gasteiger partial charge in [0.25, 0.3) is 0 Å². The maximum Gasteiger partial charge on any atom is 0.230 e. The fourth-order valence-corrected chi connectivity index (χ4v) is 5.01. The zero-order chi connectivity index (χ0) is 24.2. The van der Waals surface area contributed by atoms with Crippen molar-refractivity contribution in [1.82, 2.24) is 19.9 Å². The molecule has 3 aromatic heterocycles. The number of thiocarbonyl (C=S) groups is 1. The number of fused-ring (bicyclic) bond motifs is 1. The first-order valence-corrected chi connectivity index (χ1v) is 12.2. The number of benzene rings is 2. The van der Waals surface area contributed by atoms with Gasteiger partial charge in [-0.2, -0.15) is 0 Å². The smallest absolute Gasteiger partial charge is 0.230 e. The topological polar surface area (TPSA) is 83.9 Å². The number of amides is 1. The van der Waals surface area contributed by atoms with Gasteiger partial charge in [-0.3, -0.25) is 9.78 Å². The number of nitrogens with one attached hydrogen (secondary N) is 3. The molecule has 174 valence electrons. The van der Waals surface area contributed by atoms with Crippen LogP contribution in [-0.4, -0.2) is 25.6 Å². The summed E-state index contributed by atoms with van der Waals surface area (Å²) in [5.74, 6) is 0.760. The molecule has 3 N–H and O–H groups in total. The van der Waals surface area contributed by atoms with Crippen LogP contribution in [0.15, 0.2) is 85.3 Å². The molecule has 0 saturated carbocycles. The SMILES string of the molecule is Cn1ccnc1-c1cc2nccc(Nc3ccc(NC(=S)NC(=O)Cc4ccccc4)cc3)c2s1. The molecule has 0 bridgehead atoms. The van der Waals surface area contributed by atoms with Crippen molar-refractivity contribution >= 4 is 61.9 Å². The summed E-state index contributed by atoms with van der Waals surface area (Å²) in [6.45, 7) is 0.